The molecule has 0 aliphatic heterocycles. The molecule has 1 aromatic carbocycles. The lowest BCUT2D eigenvalue weighted by molar-refractivity contribution is 0.102. The van der Waals surface area contributed by atoms with E-state index in [1.807, 2.05) is 0 Å². The highest BCUT2D eigenvalue weighted by atomic mass is 35.5. The van der Waals surface area contributed by atoms with Crippen LogP contribution in [0.2, 0.25) is 5.02 Å². The van der Waals surface area contributed by atoms with Gasteiger partial charge < -0.3 is 5.32 Å². The number of benzene rings is 1. The molecule has 3 rings (SSSR count). The zero-order valence-electron chi connectivity index (χ0n) is 12.3. The molecule has 7 heteroatoms. The van der Waals surface area contributed by atoms with Crippen LogP contribution in [0.25, 0.3) is 10.8 Å². The van der Waals surface area contributed by atoms with Crippen LogP contribution in [0, 0.1) is 0 Å². The van der Waals surface area contributed by atoms with Gasteiger partial charge in [-0.1, -0.05) is 29.8 Å². The fraction of sp³-hybridized carbons (Fsp3) is 0.125. The van der Waals surface area contributed by atoms with Crippen LogP contribution in [-0.4, -0.2) is 20.7 Å². The lowest BCUT2D eigenvalue weighted by atomic mass is 10.1. The van der Waals surface area contributed by atoms with Crippen LogP contribution in [0.4, 0.5) is 5.82 Å². The maximum atomic E-state index is 12.5. The maximum Gasteiger partial charge on any atom is 0.277 e. The standard InChI is InChI=1S/C16H13ClN4O2/c1-2-21-16(23)12-6-4-3-5-11(12)14(20-21)15(22)19-13-8-7-10(17)9-18-13/h3-9H,2H2,1H3,(H,18,19,22). The second kappa shape index (κ2) is 6.18. The molecule has 1 amide bonds. The highest BCUT2D eigenvalue weighted by Gasteiger charge is 2.16. The van der Waals surface area contributed by atoms with E-state index in [9.17, 15) is 9.59 Å². The summed E-state index contributed by atoms with van der Waals surface area (Å²) in [6.45, 7) is 2.18. The Morgan fingerprint density at radius 1 is 1.22 bits per heavy atom. The number of halogens is 1. The summed E-state index contributed by atoms with van der Waals surface area (Å²) < 4.78 is 1.27. The number of hydrogen-bond donors (Lipinski definition) is 1. The van der Waals surface area contributed by atoms with E-state index in [0.29, 0.717) is 28.2 Å². The lowest BCUT2D eigenvalue weighted by Crippen LogP contribution is -2.27. The smallest absolute Gasteiger partial charge is 0.277 e. The number of amides is 1. The van der Waals surface area contributed by atoms with Crippen molar-refractivity contribution in [1.82, 2.24) is 14.8 Å². The predicted molar refractivity (Wildman–Crippen MR) is 88.9 cm³/mol. The fourth-order valence-corrected chi connectivity index (χ4v) is 2.35. The Morgan fingerprint density at radius 3 is 2.61 bits per heavy atom. The molecule has 116 valence electrons. The quantitative estimate of drug-likeness (QED) is 0.802. The van der Waals surface area contributed by atoms with E-state index >= 15 is 0 Å². The van der Waals surface area contributed by atoms with Crippen molar-refractivity contribution in [1.29, 1.82) is 0 Å². The van der Waals surface area contributed by atoms with Crippen molar-refractivity contribution >= 4 is 34.1 Å². The van der Waals surface area contributed by atoms with Gasteiger partial charge in [0.15, 0.2) is 5.69 Å². The maximum absolute atomic E-state index is 12.5. The Bertz CT molecular complexity index is 935. The van der Waals surface area contributed by atoms with Gasteiger partial charge in [0.2, 0.25) is 0 Å². The van der Waals surface area contributed by atoms with E-state index in [4.69, 9.17) is 11.6 Å². The molecule has 0 spiro atoms. The first kappa shape index (κ1) is 15.2. The SMILES string of the molecule is CCn1nc(C(=O)Nc2ccc(Cl)cn2)c2ccccc2c1=O. The molecule has 3 aromatic rings. The molecule has 0 fully saturated rings. The number of carbonyl (C=O) groups excluding carboxylic acids is 1. The molecule has 0 saturated heterocycles. The van der Waals surface area contributed by atoms with E-state index in [1.165, 1.54) is 10.9 Å². The number of aromatic nitrogens is 3. The Kier molecular flexibility index (Phi) is 4.08. The third-order valence-electron chi connectivity index (χ3n) is 3.35. The van der Waals surface area contributed by atoms with Gasteiger partial charge in [-0.25, -0.2) is 9.67 Å². The average Bonchev–Trinajstić information content (AvgIpc) is 2.57. The Balaban J connectivity index is 2.08. The third-order valence-corrected chi connectivity index (χ3v) is 3.57. The summed E-state index contributed by atoms with van der Waals surface area (Å²) in [4.78, 5) is 28.8. The highest BCUT2D eigenvalue weighted by Crippen LogP contribution is 2.15. The highest BCUT2D eigenvalue weighted by molar-refractivity contribution is 6.30. The Hall–Kier alpha value is -2.73. The number of nitrogens with zero attached hydrogens (tertiary/aromatic N) is 3. The zero-order valence-corrected chi connectivity index (χ0v) is 13.0. The first-order valence-corrected chi connectivity index (χ1v) is 7.40. The molecule has 0 bridgehead atoms. The van der Waals surface area contributed by atoms with Gasteiger partial charge in [-0.2, -0.15) is 5.10 Å². The Morgan fingerprint density at radius 2 is 1.96 bits per heavy atom. The van der Waals surface area contributed by atoms with Crippen molar-refractivity contribution in [2.24, 2.45) is 0 Å². The number of rotatable bonds is 3. The summed E-state index contributed by atoms with van der Waals surface area (Å²) in [6.07, 6.45) is 1.44. The van der Waals surface area contributed by atoms with E-state index in [-0.39, 0.29) is 11.3 Å². The molecule has 23 heavy (non-hydrogen) atoms. The van der Waals surface area contributed by atoms with E-state index in [2.05, 4.69) is 15.4 Å². The molecule has 2 aromatic heterocycles. The number of pyridine rings is 1. The predicted octanol–water partition coefficient (Wildman–Crippen LogP) is 2.72. The number of nitrogens with one attached hydrogen (secondary N) is 1. The van der Waals surface area contributed by atoms with Crippen LogP contribution >= 0.6 is 11.6 Å². The molecule has 2 heterocycles. The second-order valence-corrected chi connectivity index (χ2v) is 5.27. The van der Waals surface area contributed by atoms with Gasteiger partial charge in [0, 0.05) is 18.1 Å². The number of anilines is 1. The van der Waals surface area contributed by atoms with Crippen LogP contribution in [0.5, 0.6) is 0 Å². The van der Waals surface area contributed by atoms with Crippen molar-refractivity contribution < 1.29 is 4.79 Å². The second-order valence-electron chi connectivity index (χ2n) is 4.83. The monoisotopic (exact) mass is 328 g/mol. The van der Waals surface area contributed by atoms with Gasteiger partial charge in [0.05, 0.1) is 10.4 Å². The third kappa shape index (κ3) is 2.93. The van der Waals surface area contributed by atoms with Gasteiger partial charge in [-0.05, 0) is 25.1 Å². The first-order chi connectivity index (χ1) is 11.1. The zero-order chi connectivity index (χ0) is 16.4. The molecule has 0 aliphatic carbocycles. The summed E-state index contributed by atoms with van der Waals surface area (Å²) in [6, 6.07) is 10.1. The lowest BCUT2D eigenvalue weighted by Gasteiger charge is -2.09. The minimum atomic E-state index is -0.432. The minimum Gasteiger partial charge on any atom is -0.305 e. The number of hydrogen-bond acceptors (Lipinski definition) is 4. The van der Waals surface area contributed by atoms with Crippen molar-refractivity contribution in [3.05, 3.63) is 63.7 Å². The first-order valence-electron chi connectivity index (χ1n) is 7.03. The van der Waals surface area contributed by atoms with Crippen molar-refractivity contribution in [3.8, 4) is 0 Å². The van der Waals surface area contributed by atoms with Gasteiger partial charge in [0.25, 0.3) is 11.5 Å². The summed E-state index contributed by atoms with van der Waals surface area (Å²) in [5, 5.41) is 8.28. The van der Waals surface area contributed by atoms with Crippen LogP contribution in [0.1, 0.15) is 17.4 Å². The van der Waals surface area contributed by atoms with E-state index < -0.39 is 5.91 Å². The van der Waals surface area contributed by atoms with Crippen molar-refractivity contribution in [2.45, 2.75) is 13.5 Å². The van der Waals surface area contributed by atoms with Crippen LogP contribution in [0.3, 0.4) is 0 Å². The van der Waals surface area contributed by atoms with E-state index in [1.54, 1.807) is 43.3 Å². The molecule has 6 nitrogen and oxygen atoms in total. The molecular weight excluding hydrogens is 316 g/mol. The summed E-state index contributed by atoms with van der Waals surface area (Å²) in [5.74, 6) is -0.0715. The number of carbonyl (C=O) groups is 1. The normalized spacial score (nSPS) is 10.7. The number of aryl methyl sites for hydroxylation is 1. The summed E-state index contributed by atoms with van der Waals surface area (Å²) in [7, 11) is 0. The molecule has 0 atom stereocenters. The van der Waals surface area contributed by atoms with Gasteiger partial charge in [-0.15, -0.1) is 0 Å². The number of fused-ring (bicyclic) bond motifs is 1. The molecule has 0 radical (unpaired) electrons. The van der Waals surface area contributed by atoms with Gasteiger partial charge in [0.1, 0.15) is 5.82 Å². The minimum absolute atomic E-state index is 0.179. The van der Waals surface area contributed by atoms with E-state index in [0.717, 1.165) is 0 Å². The van der Waals surface area contributed by atoms with Crippen LogP contribution in [-0.2, 0) is 6.54 Å². The van der Waals surface area contributed by atoms with Crippen LogP contribution < -0.4 is 10.9 Å². The van der Waals surface area contributed by atoms with Gasteiger partial charge in [-0.3, -0.25) is 9.59 Å². The summed E-state index contributed by atoms with van der Waals surface area (Å²) >= 11 is 5.77. The van der Waals surface area contributed by atoms with Crippen LogP contribution in [0.15, 0.2) is 47.4 Å². The largest absolute Gasteiger partial charge is 0.305 e. The van der Waals surface area contributed by atoms with Gasteiger partial charge >= 0.3 is 0 Å². The molecule has 0 saturated carbocycles. The topological polar surface area (TPSA) is 76.9 Å². The fourth-order valence-electron chi connectivity index (χ4n) is 2.24. The van der Waals surface area contributed by atoms with Crippen molar-refractivity contribution in [2.75, 3.05) is 5.32 Å². The summed E-state index contributed by atoms with van der Waals surface area (Å²) in [5.41, 5.74) is -0.0388. The Labute approximate surface area is 136 Å². The molecule has 0 aliphatic rings. The molecular formula is C16H13ClN4O2. The molecule has 0 unspecified atom stereocenters. The average molecular weight is 329 g/mol. The van der Waals surface area contributed by atoms with Crippen molar-refractivity contribution in [3.63, 3.8) is 0 Å². The molecule has 1 N–H and O–H groups in total.